The molecule has 1 amide bonds. The lowest BCUT2D eigenvalue weighted by Gasteiger charge is -2.21. The zero-order valence-corrected chi connectivity index (χ0v) is 6.68. The third-order valence-corrected chi connectivity index (χ3v) is 1.57. The summed E-state index contributed by atoms with van der Waals surface area (Å²) >= 11 is 0. The smallest absolute Gasteiger partial charge is 0.390 e. The molecule has 0 saturated heterocycles. The van der Waals surface area contributed by atoms with E-state index in [0.29, 0.717) is 6.92 Å². The molecule has 0 aliphatic heterocycles. The third kappa shape index (κ3) is 2.92. The summed E-state index contributed by atoms with van der Waals surface area (Å²) in [6, 6.07) is 0. The maximum Gasteiger partial charge on any atom is 0.390 e. The largest absolute Gasteiger partial charge is 0.480 e. The molecule has 7 heteroatoms. The van der Waals surface area contributed by atoms with Gasteiger partial charge in [-0.3, -0.25) is 9.59 Å². The zero-order valence-electron chi connectivity index (χ0n) is 6.68. The molecule has 0 aliphatic rings. The number of carbonyl (C=O) groups excluding carboxylic acids is 1. The number of hydrogen-bond donors (Lipinski definition) is 2. The number of rotatable bonds is 3. The van der Waals surface area contributed by atoms with Crippen molar-refractivity contribution in [3.63, 3.8) is 0 Å². The number of primary amides is 1. The summed E-state index contributed by atoms with van der Waals surface area (Å²) in [6.45, 7) is 0.644. The van der Waals surface area contributed by atoms with Gasteiger partial charge in [0.05, 0.1) is 6.42 Å². The van der Waals surface area contributed by atoms with Crippen LogP contribution in [0.15, 0.2) is 0 Å². The van der Waals surface area contributed by atoms with Crippen LogP contribution in [0, 0.1) is 5.41 Å². The molecule has 0 radical (unpaired) electrons. The Balaban J connectivity index is 4.84. The molecule has 0 heterocycles. The molecule has 4 nitrogen and oxygen atoms in total. The zero-order chi connectivity index (χ0) is 10.9. The lowest BCUT2D eigenvalue weighted by atomic mass is 9.86. The predicted octanol–water partition coefficient (Wildman–Crippen LogP) is 0.515. The Bertz CT molecular complexity index is 222. The molecule has 0 spiro atoms. The number of carboxylic acid groups (broad SMARTS) is 1. The highest BCUT2D eigenvalue weighted by molar-refractivity contribution is 6.00. The van der Waals surface area contributed by atoms with Crippen LogP contribution in [0.2, 0.25) is 0 Å². The Morgan fingerprint density at radius 2 is 1.77 bits per heavy atom. The summed E-state index contributed by atoms with van der Waals surface area (Å²) in [6.07, 6.45) is -6.49. The van der Waals surface area contributed by atoms with Crippen molar-refractivity contribution in [2.45, 2.75) is 19.5 Å². The van der Waals surface area contributed by atoms with Crippen LogP contribution in [0.3, 0.4) is 0 Å². The van der Waals surface area contributed by atoms with Gasteiger partial charge in [-0.1, -0.05) is 0 Å². The number of carboxylic acids is 1. The van der Waals surface area contributed by atoms with Crippen LogP contribution in [-0.4, -0.2) is 23.2 Å². The number of alkyl halides is 3. The first kappa shape index (κ1) is 11.7. The average molecular weight is 199 g/mol. The Morgan fingerprint density at radius 1 is 1.38 bits per heavy atom. The van der Waals surface area contributed by atoms with Crippen molar-refractivity contribution in [2.75, 3.05) is 0 Å². The van der Waals surface area contributed by atoms with Crippen LogP contribution >= 0.6 is 0 Å². The van der Waals surface area contributed by atoms with E-state index in [1.165, 1.54) is 0 Å². The third-order valence-electron chi connectivity index (χ3n) is 1.57. The maximum atomic E-state index is 11.8. The lowest BCUT2D eigenvalue weighted by molar-refractivity contribution is -0.180. The Kier molecular flexibility index (Phi) is 2.92. The normalized spacial score (nSPS) is 16.3. The van der Waals surface area contributed by atoms with E-state index >= 15 is 0 Å². The first-order chi connectivity index (χ1) is 5.59. The Hall–Kier alpha value is -1.27. The van der Waals surface area contributed by atoms with E-state index in [4.69, 9.17) is 5.11 Å². The van der Waals surface area contributed by atoms with E-state index in [0.717, 1.165) is 0 Å². The second-order valence-corrected chi connectivity index (χ2v) is 2.79. The highest BCUT2D eigenvalue weighted by Gasteiger charge is 2.48. The monoisotopic (exact) mass is 199 g/mol. The fourth-order valence-electron chi connectivity index (χ4n) is 0.669. The molecule has 0 aromatic heterocycles. The average Bonchev–Trinajstić information content (AvgIpc) is 1.82. The van der Waals surface area contributed by atoms with Gasteiger partial charge in [-0.15, -0.1) is 0 Å². The van der Waals surface area contributed by atoms with Gasteiger partial charge in [-0.2, -0.15) is 13.2 Å². The van der Waals surface area contributed by atoms with Crippen molar-refractivity contribution < 1.29 is 27.9 Å². The quantitative estimate of drug-likeness (QED) is 0.650. The van der Waals surface area contributed by atoms with E-state index in [1.54, 1.807) is 0 Å². The molecule has 0 saturated carbocycles. The van der Waals surface area contributed by atoms with Crippen LogP contribution in [0.5, 0.6) is 0 Å². The molecule has 0 aromatic rings. The molecule has 3 N–H and O–H groups in total. The van der Waals surface area contributed by atoms with Gasteiger partial charge in [-0.25, -0.2) is 0 Å². The summed E-state index contributed by atoms with van der Waals surface area (Å²) in [5.74, 6) is -3.38. The minimum atomic E-state index is -4.73. The van der Waals surface area contributed by atoms with Gasteiger partial charge in [-0.05, 0) is 6.92 Å². The second-order valence-electron chi connectivity index (χ2n) is 2.79. The molecule has 1 unspecified atom stereocenters. The SMILES string of the molecule is CC(CC(F)(F)F)(C(N)=O)C(=O)O. The van der Waals surface area contributed by atoms with E-state index in [1.807, 2.05) is 0 Å². The number of hydrogen-bond acceptors (Lipinski definition) is 2. The van der Waals surface area contributed by atoms with Gasteiger partial charge in [0, 0.05) is 0 Å². The fraction of sp³-hybridized carbons (Fsp3) is 0.667. The van der Waals surface area contributed by atoms with Crippen molar-refractivity contribution >= 4 is 11.9 Å². The summed E-state index contributed by atoms with van der Waals surface area (Å²) in [5.41, 5.74) is 1.97. The number of amides is 1. The van der Waals surface area contributed by atoms with E-state index in [9.17, 15) is 22.8 Å². The number of halogens is 3. The molecule has 1 atom stereocenters. The van der Waals surface area contributed by atoms with Crippen molar-refractivity contribution in [3.05, 3.63) is 0 Å². The molecule has 0 aliphatic carbocycles. The molecule has 0 bridgehead atoms. The number of aliphatic carboxylic acids is 1. The molecule has 0 rings (SSSR count). The summed E-state index contributed by atoms with van der Waals surface area (Å²) in [7, 11) is 0. The highest BCUT2D eigenvalue weighted by Crippen LogP contribution is 2.33. The summed E-state index contributed by atoms with van der Waals surface area (Å²) < 4.78 is 35.4. The van der Waals surface area contributed by atoms with Crippen molar-refractivity contribution in [3.8, 4) is 0 Å². The van der Waals surface area contributed by atoms with Crippen LogP contribution < -0.4 is 5.73 Å². The number of carbonyl (C=O) groups is 2. The standard InChI is InChI=1S/C6H8F3NO3/c1-5(3(10)11,4(12)13)2-6(7,8)9/h2H2,1H3,(H2,10,11)(H,12,13). The van der Waals surface area contributed by atoms with Gasteiger partial charge in [0.2, 0.25) is 5.91 Å². The van der Waals surface area contributed by atoms with Crippen molar-refractivity contribution in [1.82, 2.24) is 0 Å². The fourth-order valence-corrected chi connectivity index (χ4v) is 0.669. The second kappa shape index (κ2) is 3.23. The van der Waals surface area contributed by atoms with Gasteiger partial charge >= 0.3 is 12.1 Å². The number of nitrogens with two attached hydrogens (primary N) is 1. The summed E-state index contributed by atoms with van der Waals surface area (Å²) in [5, 5.41) is 8.37. The van der Waals surface area contributed by atoms with Gasteiger partial charge in [0.25, 0.3) is 0 Å². The molecule has 0 fully saturated rings. The first-order valence-electron chi connectivity index (χ1n) is 3.19. The highest BCUT2D eigenvalue weighted by atomic mass is 19.4. The minimum absolute atomic E-state index is 0.644. The first-order valence-corrected chi connectivity index (χ1v) is 3.19. The molecule has 0 aromatic carbocycles. The van der Waals surface area contributed by atoms with Crippen molar-refractivity contribution in [2.24, 2.45) is 11.1 Å². The van der Waals surface area contributed by atoms with Gasteiger partial charge in [0.15, 0.2) is 5.41 Å². The lowest BCUT2D eigenvalue weighted by Crippen LogP contribution is -2.44. The molecule has 76 valence electrons. The predicted molar refractivity (Wildman–Crippen MR) is 35.6 cm³/mol. The van der Waals surface area contributed by atoms with Crippen LogP contribution in [0.1, 0.15) is 13.3 Å². The van der Waals surface area contributed by atoms with Gasteiger partial charge < -0.3 is 10.8 Å². The Morgan fingerprint density at radius 3 is 1.85 bits per heavy atom. The molecular formula is C6H8F3NO3. The Labute approximate surface area is 71.5 Å². The summed E-state index contributed by atoms with van der Waals surface area (Å²) in [4.78, 5) is 20.8. The molecular weight excluding hydrogens is 191 g/mol. The van der Waals surface area contributed by atoms with Crippen LogP contribution in [-0.2, 0) is 9.59 Å². The van der Waals surface area contributed by atoms with E-state index < -0.39 is 29.9 Å². The van der Waals surface area contributed by atoms with E-state index in [2.05, 4.69) is 5.73 Å². The molecule has 13 heavy (non-hydrogen) atoms. The van der Waals surface area contributed by atoms with Gasteiger partial charge in [0.1, 0.15) is 0 Å². The van der Waals surface area contributed by atoms with Crippen molar-refractivity contribution in [1.29, 1.82) is 0 Å². The topological polar surface area (TPSA) is 80.4 Å². The van der Waals surface area contributed by atoms with Crippen LogP contribution in [0.4, 0.5) is 13.2 Å². The van der Waals surface area contributed by atoms with Crippen LogP contribution in [0.25, 0.3) is 0 Å². The maximum absolute atomic E-state index is 11.8. The minimum Gasteiger partial charge on any atom is -0.480 e. The van der Waals surface area contributed by atoms with E-state index in [-0.39, 0.29) is 0 Å².